The molecule has 0 radical (unpaired) electrons. The van der Waals surface area contributed by atoms with Crippen LogP contribution in [0.15, 0.2) is 22.7 Å². The van der Waals surface area contributed by atoms with Gasteiger partial charge in [-0.15, -0.1) is 0 Å². The topological polar surface area (TPSA) is 26.3 Å². The van der Waals surface area contributed by atoms with Crippen molar-refractivity contribution >= 4 is 37.6 Å². The first-order valence-corrected chi connectivity index (χ1v) is 6.12. The highest BCUT2D eigenvalue weighted by Gasteiger charge is 2.11. The maximum atomic E-state index is 11.5. The number of ketones is 1. The van der Waals surface area contributed by atoms with Gasteiger partial charge in [0.05, 0.1) is 17.5 Å². The fraction of sp³-hybridized carbons (Fsp3) is 0.300. The van der Waals surface area contributed by atoms with Crippen LogP contribution in [0.4, 0.5) is 0 Å². The van der Waals surface area contributed by atoms with E-state index in [2.05, 4.69) is 31.9 Å². The minimum atomic E-state index is 0.0229. The summed E-state index contributed by atoms with van der Waals surface area (Å²) in [6, 6.07) is 5.42. The van der Waals surface area contributed by atoms with Gasteiger partial charge in [-0.1, -0.05) is 31.9 Å². The third kappa shape index (κ3) is 2.82. The fourth-order valence-electron chi connectivity index (χ4n) is 1.07. The number of ether oxygens (including phenoxy) is 1. The summed E-state index contributed by atoms with van der Waals surface area (Å²) in [6.45, 7) is 2.45. The molecule has 0 fully saturated rings. The molecule has 0 spiro atoms. The Morgan fingerprint density at radius 2 is 2.21 bits per heavy atom. The van der Waals surface area contributed by atoms with Crippen LogP contribution in [0.5, 0.6) is 5.75 Å². The van der Waals surface area contributed by atoms with Crippen LogP contribution in [0.25, 0.3) is 0 Å². The Labute approximate surface area is 99.9 Å². The summed E-state index contributed by atoms with van der Waals surface area (Å²) in [5, 5.41) is 0.309. The Hall–Kier alpha value is -0.350. The highest BCUT2D eigenvalue weighted by Crippen LogP contribution is 2.24. The molecule has 0 aliphatic rings. The second-order valence-corrected chi connectivity index (χ2v) is 4.11. The summed E-state index contributed by atoms with van der Waals surface area (Å²) in [5.74, 6) is 0.662. The molecule has 1 rings (SSSR count). The predicted octanol–water partition coefficient (Wildman–Crippen LogP) is 3.43. The number of hydrogen-bond donors (Lipinski definition) is 0. The fourth-order valence-corrected chi connectivity index (χ4v) is 1.74. The molecule has 0 unspecified atom stereocenters. The van der Waals surface area contributed by atoms with Crippen LogP contribution in [0.2, 0.25) is 0 Å². The van der Waals surface area contributed by atoms with Gasteiger partial charge in [-0.05, 0) is 25.1 Å². The van der Waals surface area contributed by atoms with Crippen molar-refractivity contribution in [1.82, 2.24) is 0 Å². The van der Waals surface area contributed by atoms with Gasteiger partial charge in [-0.25, -0.2) is 0 Å². The average Bonchev–Trinajstić information content (AvgIpc) is 2.20. The lowest BCUT2D eigenvalue weighted by Crippen LogP contribution is -2.04. The van der Waals surface area contributed by atoms with E-state index in [1.54, 1.807) is 12.1 Å². The van der Waals surface area contributed by atoms with E-state index in [1.165, 1.54) is 0 Å². The molecule has 76 valence electrons. The average molecular weight is 322 g/mol. The monoisotopic (exact) mass is 320 g/mol. The van der Waals surface area contributed by atoms with E-state index >= 15 is 0 Å². The van der Waals surface area contributed by atoms with Crippen molar-refractivity contribution in [1.29, 1.82) is 0 Å². The molecule has 0 aliphatic heterocycles. The van der Waals surface area contributed by atoms with Crippen molar-refractivity contribution in [3.63, 3.8) is 0 Å². The lowest BCUT2D eigenvalue weighted by Gasteiger charge is -2.08. The molecule has 0 aromatic heterocycles. The van der Waals surface area contributed by atoms with Crippen LogP contribution in [0.3, 0.4) is 0 Å². The predicted molar refractivity (Wildman–Crippen MR) is 63.4 cm³/mol. The third-order valence-electron chi connectivity index (χ3n) is 1.66. The molecular weight excluding hydrogens is 312 g/mol. The number of hydrogen-bond acceptors (Lipinski definition) is 2. The normalized spacial score (nSPS) is 9.93. The lowest BCUT2D eigenvalue weighted by molar-refractivity contribution is 0.102. The Morgan fingerprint density at radius 3 is 2.79 bits per heavy atom. The van der Waals surface area contributed by atoms with Crippen LogP contribution >= 0.6 is 31.9 Å². The molecule has 4 heteroatoms. The molecule has 0 aliphatic carbocycles. The second-order valence-electron chi connectivity index (χ2n) is 2.63. The van der Waals surface area contributed by atoms with Gasteiger partial charge in [0.15, 0.2) is 5.78 Å². The summed E-state index contributed by atoms with van der Waals surface area (Å²) >= 11 is 6.46. The molecule has 0 amide bonds. The number of carbonyl (C=O) groups is 1. The van der Waals surface area contributed by atoms with Gasteiger partial charge in [-0.3, -0.25) is 4.79 Å². The molecule has 0 bridgehead atoms. The van der Waals surface area contributed by atoms with E-state index in [4.69, 9.17) is 4.74 Å². The summed E-state index contributed by atoms with van der Waals surface area (Å²) in [7, 11) is 0. The van der Waals surface area contributed by atoms with Crippen molar-refractivity contribution in [2.75, 3.05) is 11.9 Å². The van der Waals surface area contributed by atoms with E-state index < -0.39 is 0 Å². The highest BCUT2D eigenvalue weighted by atomic mass is 79.9. The van der Waals surface area contributed by atoms with E-state index in [0.29, 0.717) is 23.2 Å². The summed E-state index contributed by atoms with van der Waals surface area (Å²) in [4.78, 5) is 11.5. The zero-order valence-electron chi connectivity index (χ0n) is 7.72. The van der Waals surface area contributed by atoms with E-state index in [0.717, 1.165) is 4.47 Å². The maximum absolute atomic E-state index is 11.5. The second kappa shape index (κ2) is 5.51. The zero-order valence-corrected chi connectivity index (χ0v) is 10.9. The zero-order chi connectivity index (χ0) is 10.6. The largest absolute Gasteiger partial charge is 0.493 e. The number of Topliss-reactive ketones (excluding diaryl/α,β-unsaturated/α-hetero) is 1. The molecule has 2 nitrogen and oxygen atoms in total. The SMILES string of the molecule is CCOc1ccc(Br)cc1C(=O)CBr. The molecule has 1 aromatic carbocycles. The quantitative estimate of drug-likeness (QED) is 0.627. The van der Waals surface area contributed by atoms with Crippen molar-refractivity contribution in [2.45, 2.75) is 6.92 Å². The third-order valence-corrected chi connectivity index (χ3v) is 2.67. The summed E-state index contributed by atoms with van der Waals surface area (Å²) in [6.07, 6.45) is 0. The van der Waals surface area contributed by atoms with E-state index in [-0.39, 0.29) is 5.78 Å². The first kappa shape index (κ1) is 11.7. The Bertz CT molecular complexity index is 337. The molecule has 0 saturated carbocycles. The summed E-state index contributed by atoms with van der Waals surface area (Å²) in [5.41, 5.74) is 0.609. The lowest BCUT2D eigenvalue weighted by atomic mass is 10.1. The van der Waals surface area contributed by atoms with Gasteiger partial charge >= 0.3 is 0 Å². The number of halogens is 2. The van der Waals surface area contributed by atoms with Crippen molar-refractivity contribution in [3.05, 3.63) is 28.2 Å². The Morgan fingerprint density at radius 1 is 1.50 bits per heavy atom. The standard InChI is InChI=1S/C10H10Br2O2/c1-2-14-10-4-3-7(12)5-8(10)9(13)6-11/h3-5H,2,6H2,1H3. The molecule has 0 heterocycles. The number of benzene rings is 1. The number of carbonyl (C=O) groups excluding carboxylic acids is 1. The molecule has 1 aromatic rings. The maximum Gasteiger partial charge on any atom is 0.177 e. The summed E-state index contributed by atoms with van der Waals surface area (Å²) < 4.78 is 6.23. The number of alkyl halides is 1. The molecule has 14 heavy (non-hydrogen) atoms. The van der Waals surface area contributed by atoms with Gasteiger partial charge in [0, 0.05) is 4.47 Å². The van der Waals surface area contributed by atoms with Gasteiger partial charge in [-0.2, -0.15) is 0 Å². The van der Waals surface area contributed by atoms with Crippen LogP contribution in [0, 0.1) is 0 Å². The van der Waals surface area contributed by atoms with Crippen molar-refractivity contribution in [3.8, 4) is 5.75 Å². The number of rotatable bonds is 4. The van der Waals surface area contributed by atoms with E-state index in [1.807, 2.05) is 13.0 Å². The van der Waals surface area contributed by atoms with Gasteiger partial charge in [0.2, 0.25) is 0 Å². The molecule has 0 saturated heterocycles. The smallest absolute Gasteiger partial charge is 0.177 e. The van der Waals surface area contributed by atoms with Crippen LogP contribution in [-0.2, 0) is 0 Å². The Kier molecular flexibility index (Phi) is 4.62. The van der Waals surface area contributed by atoms with Gasteiger partial charge in [0.25, 0.3) is 0 Å². The van der Waals surface area contributed by atoms with Crippen LogP contribution < -0.4 is 4.74 Å². The van der Waals surface area contributed by atoms with Crippen molar-refractivity contribution in [2.24, 2.45) is 0 Å². The Balaban J connectivity index is 3.08. The minimum Gasteiger partial charge on any atom is -0.493 e. The van der Waals surface area contributed by atoms with Crippen LogP contribution in [0.1, 0.15) is 17.3 Å². The first-order chi connectivity index (χ1) is 6.69. The molecule has 0 N–H and O–H groups in total. The minimum absolute atomic E-state index is 0.0229. The molecule has 0 atom stereocenters. The first-order valence-electron chi connectivity index (χ1n) is 4.20. The highest BCUT2D eigenvalue weighted by molar-refractivity contribution is 9.10. The van der Waals surface area contributed by atoms with E-state index in [9.17, 15) is 4.79 Å². The van der Waals surface area contributed by atoms with Gasteiger partial charge in [0.1, 0.15) is 5.75 Å². The molecular formula is C10H10Br2O2. The van der Waals surface area contributed by atoms with Gasteiger partial charge < -0.3 is 4.74 Å². The van der Waals surface area contributed by atoms with Crippen LogP contribution in [-0.4, -0.2) is 17.7 Å². The van der Waals surface area contributed by atoms with Crippen molar-refractivity contribution < 1.29 is 9.53 Å².